The van der Waals surface area contributed by atoms with Crippen LogP contribution in [0, 0.1) is 6.92 Å². The number of ether oxygens (including phenoxy) is 1. The molecule has 0 spiro atoms. The molecule has 0 aliphatic carbocycles. The topological polar surface area (TPSA) is 51.2 Å². The number of esters is 1. The molecule has 100 valence electrons. The lowest BCUT2D eigenvalue weighted by Gasteiger charge is -2.03. The van der Waals surface area contributed by atoms with Gasteiger partial charge in [0.2, 0.25) is 0 Å². The van der Waals surface area contributed by atoms with Crippen molar-refractivity contribution >= 4 is 39.7 Å². The number of anilines is 2. The van der Waals surface area contributed by atoms with Crippen LogP contribution in [-0.2, 0) is 4.74 Å². The third kappa shape index (κ3) is 3.24. The number of carbonyl (C=O) groups is 1. The molecule has 4 nitrogen and oxygen atoms in total. The third-order valence-electron chi connectivity index (χ3n) is 2.38. The summed E-state index contributed by atoms with van der Waals surface area (Å²) < 4.78 is 4.95. The highest BCUT2D eigenvalue weighted by molar-refractivity contribution is 7.15. The maximum atomic E-state index is 11.7. The molecular formula is C13H13ClN2O2S. The van der Waals surface area contributed by atoms with Gasteiger partial charge in [0.15, 0.2) is 10.8 Å². The number of benzene rings is 1. The maximum absolute atomic E-state index is 11.7. The van der Waals surface area contributed by atoms with E-state index < -0.39 is 5.97 Å². The van der Waals surface area contributed by atoms with E-state index >= 15 is 0 Å². The fourth-order valence-electron chi connectivity index (χ4n) is 1.52. The van der Waals surface area contributed by atoms with Crippen LogP contribution >= 0.6 is 22.9 Å². The molecule has 0 aliphatic heterocycles. The second-order valence-corrected chi connectivity index (χ2v) is 5.36. The van der Waals surface area contributed by atoms with Crippen molar-refractivity contribution in [2.75, 3.05) is 11.9 Å². The summed E-state index contributed by atoms with van der Waals surface area (Å²) in [6, 6.07) is 7.37. The summed E-state index contributed by atoms with van der Waals surface area (Å²) in [6.07, 6.45) is 0. The van der Waals surface area contributed by atoms with Gasteiger partial charge in [0.25, 0.3) is 0 Å². The number of nitrogens with zero attached hydrogens (tertiary/aromatic N) is 1. The minimum atomic E-state index is -0.400. The molecule has 0 bridgehead atoms. The van der Waals surface area contributed by atoms with Crippen molar-refractivity contribution in [3.05, 3.63) is 39.9 Å². The Morgan fingerprint density at radius 2 is 2.21 bits per heavy atom. The lowest BCUT2D eigenvalue weighted by Crippen LogP contribution is -2.06. The predicted molar refractivity (Wildman–Crippen MR) is 77.5 cm³/mol. The van der Waals surface area contributed by atoms with Crippen molar-refractivity contribution < 1.29 is 9.53 Å². The van der Waals surface area contributed by atoms with Gasteiger partial charge in [0, 0.05) is 4.88 Å². The van der Waals surface area contributed by atoms with Crippen LogP contribution in [0.2, 0.25) is 5.02 Å². The Balaban J connectivity index is 2.21. The van der Waals surface area contributed by atoms with Crippen molar-refractivity contribution in [2.45, 2.75) is 13.8 Å². The Bertz CT molecular complexity index is 598. The molecule has 0 aliphatic rings. The molecule has 1 heterocycles. The largest absolute Gasteiger partial charge is 0.461 e. The molecule has 0 radical (unpaired) electrons. The van der Waals surface area contributed by atoms with E-state index in [1.54, 1.807) is 13.0 Å². The highest BCUT2D eigenvalue weighted by atomic mass is 35.5. The van der Waals surface area contributed by atoms with Gasteiger partial charge in [-0.05, 0) is 26.0 Å². The second kappa shape index (κ2) is 6.04. The smallest absolute Gasteiger partial charge is 0.358 e. The number of nitrogens with one attached hydrogen (secondary N) is 1. The standard InChI is InChI=1S/C13H13ClN2O2S/c1-3-18-12(17)11-8(2)19-13(16-11)15-10-7-5-4-6-9(10)14/h4-7H,3H2,1-2H3,(H,15,16). The molecule has 0 fully saturated rings. The molecule has 0 amide bonds. The van der Waals surface area contributed by atoms with Gasteiger partial charge in [-0.2, -0.15) is 0 Å². The van der Waals surface area contributed by atoms with Crippen molar-refractivity contribution in [2.24, 2.45) is 0 Å². The number of aromatic nitrogens is 1. The van der Waals surface area contributed by atoms with Gasteiger partial charge in [0.1, 0.15) is 0 Å². The Morgan fingerprint density at radius 3 is 2.89 bits per heavy atom. The van der Waals surface area contributed by atoms with Crippen molar-refractivity contribution in [3.8, 4) is 0 Å². The van der Waals surface area contributed by atoms with Gasteiger partial charge in [-0.25, -0.2) is 9.78 Å². The van der Waals surface area contributed by atoms with Crippen LogP contribution in [0.5, 0.6) is 0 Å². The monoisotopic (exact) mass is 296 g/mol. The molecule has 1 N–H and O–H groups in total. The van der Waals surface area contributed by atoms with Crippen LogP contribution in [0.4, 0.5) is 10.8 Å². The number of thiazole rings is 1. The minimum absolute atomic E-state index is 0.336. The molecule has 0 unspecified atom stereocenters. The first kappa shape index (κ1) is 13.8. The van der Waals surface area contributed by atoms with Crippen molar-refractivity contribution in [1.82, 2.24) is 4.98 Å². The quantitative estimate of drug-likeness (QED) is 0.866. The molecule has 6 heteroatoms. The summed E-state index contributed by atoms with van der Waals surface area (Å²) in [5, 5.41) is 4.32. The normalized spacial score (nSPS) is 10.3. The molecule has 1 aromatic carbocycles. The fourth-order valence-corrected chi connectivity index (χ4v) is 2.51. The summed E-state index contributed by atoms with van der Waals surface area (Å²) in [5.41, 5.74) is 1.11. The molecule has 1 aromatic heterocycles. The average Bonchev–Trinajstić information content (AvgIpc) is 2.74. The zero-order valence-corrected chi connectivity index (χ0v) is 12.1. The van der Waals surface area contributed by atoms with Gasteiger partial charge in [-0.15, -0.1) is 11.3 Å². The van der Waals surface area contributed by atoms with E-state index in [1.807, 2.05) is 25.1 Å². The highest BCUT2D eigenvalue weighted by Gasteiger charge is 2.16. The molecule has 0 saturated carbocycles. The van der Waals surface area contributed by atoms with Crippen LogP contribution in [0.3, 0.4) is 0 Å². The summed E-state index contributed by atoms with van der Waals surface area (Å²) in [7, 11) is 0. The van der Waals surface area contributed by atoms with E-state index in [-0.39, 0.29) is 0 Å². The maximum Gasteiger partial charge on any atom is 0.358 e. The van der Waals surface area contributed by atoms with Crippen molar-refractivity contribution in [1.29, 1.82) is 0 Å². The fraction of sp³-hybridized carbons (Fsp3) is 0.231. The van der Waals surface area contributed by atoms with Crippen LogP contribution < -0.4 is 5.32 Å². The Kier molecular flexibility index (Phi) is 4.39. The molecule has 0 saturated heterocycles. The molecule has 2 rings (SSSR count). The first-order valence-corrected chi connectivity index (χ1v) is 6.97. The number of halogens is 1. The van der Waals surface area contributed by atoms with Crippen LogP contribution in [0.25, 0.3) is 0 Å². The van der Waals surface area contributed by atoms with Crippen molar-refractivity contribution in [3.63, 3.8) is 0 Å². The third-order valence-corrected chi connectivity index (χ3v) is 3.60. The van der Waals surface area contributed by atoms with Gasteiger partial charge in [-0.1, -0.05) is 23.7 Å². The summed E-state index contributed by atoms with van der Waals surface area (Å²) in [5.74, 6) is -0.400. The van der Waals surface area contributed by atoms with E-state index in [4.69, 9.17) is 16.3 Å². The zero-order chi connectivity index (χ0) is 13.8. The SMILES string of the molecule is CCOC(=O)c1nc(Nc2ccccc2Cl)sc1C. The first-order valence-electron chi connectivity index (χ1n) is 5.78. The average molecular weight is 297 g/mol. The Morgan fingerprint density at radius 1 is 1.47 bits per heavy atom. The van der Waals surface area contributed by atoms with E-state index in [1.165, 1.54) is 11.3 Å². The molecule has 0 atom stereocenters. The number of carbonyl (C=O) groups excluding carboxylic acids is 1. The van der Waals surface area contributed by atoms with Crippen LogP contribution in [-0.4, -0.2) is 17.6 Å². The number of para-hydroxylation sites is 1. The van der Waals surface area contributed by atoms with Gasteiger partial charge >= 0.3 is 5.97 Å². The lowest BCUT2D eigenvalue weighted by molar-refractivity contribution is 0.0519. The molecule has 19 heavy (non-hydrogen) atoms. The number of rotatable bonds is 4. The predicted octanol–water partition coefficient (Wildman–Crippen LogP) is 4.03. The van der Waals surface area contributed by atoms with Crippen LogP contribution in [0.1, 0.15) is 22.3 Å². The number of aryl methyl sites for hydroxylation is 1. The number of hydrogen-bond acceptors (Lipinski definition) is 5. The minimum Gasteiger partial charge on any atom is -0.461 e. The van der Waals surface area contributed by atoms with Crippen LogP contribution in [0.15, 0.2) is 24.3 Å². The van der Waals surface area contributed by atoms with E-state index in [2.05, 4.69) is 10.3 Å². The van der Waals surface area contributed by atoms with Gasteiger partial charge < -0.3 is 10.1 Å². The first-order chi connectivity index (χ1) is 9.11. The summed E-state index contributed by atoms with van der Waals surface area (Å²) in [6.45, 7) is 3.94. The molecular weight excluding hydrogens is 284 g/mol. The van der Waals surface area contributed by atoms with E-state index in [9.17, 15) is 4.79 Å². The highest BCUT2D eigenvalue weighted by Crippen LogP contribution is 2.29. The molecule has 2 aromatic rings. The number of hydrogen-bond donors (Lipinski definition) is 1. The van der Waals surface area contributed by atoms with E-state index in [0.717, 1.165) is 10.6 Å². The second-order valence-electron chi connectivity index (χ2n) is 3.75. The van der Waals surface area contributed by atoms with Gasteiger partial charge in [0.05, 0.1) is 17.3 Å². The van der Waals surface area contributed by atoms with E-state index in [0.29, 0.717) is 22.5 Å². The summed E-state index contributed by atoms with van der Waals surface area (Å²) in [4.78, 5) is 16.7. The lowest BCUT2D eigenvalue weighted by atomic mass is 10.3. The summed E-state index contributed by atoms with van der Waals surface area (Å²) >= 11 is 7.45. The zero-order valence-electron chi connectivity index (χ0n) is 10.6. The van der Waals surface area contributed by atoms with Gasteiger partial charge in [-0.3, -0.25) is 0 Å². The Hall–Kier alpha value is -1.59. The Labute approximate surface area is 120 Å².